The normalized spacial score (nSPS) is 21.8. The maximum absolute atomic E-state index is 13.2. The summed E-state index contributed by atoms with van der Waals surface area (Å²) in [5, 5.41) is 0. The van der Waals surface area contributed by atoms with Crippen molar-refractivity contribution in [2.24, 2.45) is 0 Å². The Hall–Kier alpha value is -2.46. The van der Waals surface area contributed by atoms with Gasteiger partial charge in [-0.25, -0.2) is 14.2 Å². The van der Waals surface area contributed by atoms with Crippen LogP contribution in [0.4, 0.5) is 8.78 Å². The van der Waals surface area contributed by atoms with E-state index in [1.54, 1.807) is 12.1 Å². The Morgan fingerprint density at radius 3 is 2.25 bits per heavy atom. The lowest BCUT2D eigenvalue weighted by Crippen LogP contribution is -2.27. The van der Waals surface area contributed by atoms with Gasteiger partial charge in [0.05, 0.1) is 11.7 Å². The molecule has 0 aromatic heterocycles. The Morgan fingerprint density at radius 1 is 0.875 bits per heavy atom. The molecule has 4 rings (SSSR count). The predicted molar refractivity (Wildman–Crippen MR) is 90.7 cm³/mol. The van der Waals surface area contributed by atoms with Gasteiger partial charge in [0.25, 0.3) is 0 Å². The van der Waals surface area contributed by atoms with Gasteiger partial charge in [-0.05, 0) is 71.9 Å². The maximum atomic E-state index is 13.2. The van der Waals surface area contributed by atoms with Crippen molar-refractivity contribution in [2.45, 2.75) is 25.3 Å². The fourth-order valence-corrected chi connectivity index (χ4v) is 3.45. The molecule has 24 heavy (non-hydrogen) atoms. The molecule has 0 radical (unpaired) electrons. The predicted octanol–water partition coefficient (Wildman–Crippen LogP) is 4.64. The quantitative estimate of drug-likeness (QED) is 0.841. The molecule has 1 unspecified atom stereocenters. The maximum Gasteiger partial charge on any atom is 0.123 e. The lowest BCUT2D eigenvalue weighted by molar-refractivity contribution is 0.580. The van der Waals surface area contributed by atoms with Gasteiger partial charge < -0.3 is 5.43 Å². The highest BCUT2D eigenvalue weighted by Crippen LogP contribution is 2.39. The molecule has 2 aromatic rings. The molecule has 1 aliphatic carbocycles. The van der Waals surface area contributed by atoms with Crippen LogP contribution in [-0.4, -0.2) is 0 Å². The van der Waals surface area contributed by atoms with Gasteiger partial charge in [0.1, 0.15) is 11.6 Å². The molecule has 0 saturated carbocycles. The van der Waals surface area contributed by atoms with Crippen molar-refractivity contribution in [3.63, 3.8) is 0 Å². The van der Waals surface area contributed by atoms with E-state index in [9.17, 15) is 8.78 Å². The van der Waals surface area contributed by atoms with Gasteiger partial charge in [-0.3, -0.25) is 0 Å². The first-order chi connectivity index (χ1) is 11.7. The van der Waals surface area contributed by atoms with Crippen LogP contribution in [0.15, 0.2) is 65.4 Å². The molecule has 2 N–H and O–H groups in total. The number of halogens is 2. The fraction of sp³-hybridized carbons (Fsp3) is 0.200. The third-order valence-corrected chi connectivity index (χ3v) is 4.64. The number of benzene rings is 2. The first kappa shape index (κ1) is 15.1. The summed E-state index contributed by atoms with van der Waals surface area (Å²) in [6.07, 6.45) is 5.18. The van der Waals surface area contributed by atoms with Crippen LogP contribution in [0.1, 0.15) is 36.4 Å². The molecule has 1 heterocycles. The molecule has 2 aliphatic rings. The Labute approximate surface area is 139 Å². The van der Waals surface area contributed by atoms with E-state index in [1.807, 2.05) is 12.1 Å². The molecule has 1 aliphatic heterocycles. The summed E-state index contributed by atoms with van der Waals surface area (Å²) >= 11 is 0. The second kappa shape index (κ2) is 6.21. The zero-order valence-corrected chi connectivity index (χ0v) is 13.2. The Morgan fingerprint density at radius 2 is 1.54 bits per heavy atom. The zero-order chi connectivity index (χ0) is 16.5. The number of allylic oxidation sites excluding steroid dienone is 1. The molecule has 1 atom stereocenters. The van der Waals surface area contributed by atoms with Gasteiger partial charge in [-0.2, -0.15) is 0 Å². The molecule has 0 bridgehead atoms. The van der Waals surface area contributed by atoms with Crippen LogP contribution < -0.4 is 10.9 Å². The summed E-state index contributed by atoms with van der Waals surface area (Å²) < 4.78 is 26.2. The minimum atomic E-state index is -0.224. The van der Waals surface area contributed by atoms with Gasteiger partial charge >= 0.3 is 0 Å². The summed E-state index contributed by atoms with van der Waals surface area (Å²) in [5.74, 6) is -0.447. The number of nitrogens with one attached hydrogen (secondary N) is 2. The molecule has 0 spiro atoms. The van der Waals surface area contributed by atoms with Crippen molar-refractivity contribution in [2.75, 3.05) is 0 Å². The van der Waals surface area contributed by atoms with E-state index in [0.717, 1.165) is 36.1 Å². The van der Waals surface area contributed by atoms with Crippen LogP contribution >= 0.6 is 0 Å². The average molecular weight is 324 g/mol. The molecule has 2 aromatic carbocycles. The molecular weight excluding hydrogens is 306 g/mol. The van der Waals surface area contributed by atoms with Gasteiger partial charge in [-0.15, -0.1) is 0 Å². The number of hydrazine groups is 1. The Balaban J connectivity index is 1.67. The third-order valence-electron chi connectivity index (χ3n) is 4.64. The first-order valence-corrected chi connectivity index (χ1v) is 8.17. The van der Waals surface area contributed by atoms with E-state index >= 15 is 0 Å². The number of hydrogen-bond donors (Lipinski definition) is 2. The first-order valence-electron chi connectivity index (χ1n) is 8.17. The summed E-state index contributed by atoms with van der Waals surface area (Å²) in [4.78, 5) is 0. The Kier molecular flexibility index (Phi) is 3.90. The molecule has 0 amide bonds. The second-order valence-corrected chi connectivity index (χ2v) is 6.23. The van der Waals surface area contributed by atoms with Crippen LogP contribution in [0.3, 0.4) is 0 Å². The fourth-order valence-electron chi connectivity index (χ4n) is 3.45. The van der Waals surface area contributed by atoms with E-state index in [1.165, 1.54) is 35.4 Å². The summed E-state index contributed by atoms with van der Waals surface area (Å²) in [5.41, 5.74) is 12.3. The van der Waals surface area contributed by atoms with Crippen LogP contribution in [0, 0.1) is 11.6 Å². The van der Waals surface area contributed by atoms with Crippen LogP contribution in [-0.2, 0) is 0 Å². The van der Waals surface area contributed by atoms with Crippen molar-refractivity contribution < 1.29 is 8.78 Å². The highest BCUT2D eigenvalue weighted by molar-refractivity contribution is 5.61. The van der Waals surface area contributed by atoms with Crippen LogP contribution in [0.25, 0.3) is 6.08 Å². The lowest BCUT2D eigenvalue weighted by Gasteiger charge is -2.19. The standard InChI is InChI=1S/C20H18F2N2/c21-16-8-4-13(5-9-16)12-15-2-1-3-18-19(23-24-20(15)18)14-6-10-17(22)11-7-14/h4-12,19,23-24H,1-3H2/b15-12-. The van der Waals surface area contributed by atoms with E-state index in [0.29, 0.717) is 0 Å². The van der Waals surface area contributed by atoms with E-state index in [2.05, 4.69) is 16.9 Å². The van der Waals surface area contributed by atoms with Crippen molar-refractivity contribution >= 4 is 6.08 Å². The zero-order valence-electron chi connectivity index (χ0n) is 13.2. The van der Waals surface area contributed by atoms with Gasteiger partial charge in [-0.1, -0.05) is 24.3 Å². The van der Waals surface area contributed by atoms with E-state index < -0.39 is 0 Å². The van der Waals surface area contributed by atoms with E-state index in [4.69, 9.17) is 0 Å². The average Bonchev–Trinajstić information content (AvgIpc) is 3.03. The smallest absolute Gasteiger partial charge is 0.123 e. The van der Waals surface area contributed by atoms with Gasteiger partial charge in [0, 0.05) is 0 Å². The van der Waals surface area contributed by atoms with E-state index in [-0.39, 0.29) is 17.7 Å². The molecule has 2 nitrogen and oxygen atoms in total. The minimum Gasteiger partial charge on any atom is -0.320 e. The SMILES string of the molecule is Fc1ccc(/C=C2/CCCC3=C2NNC3c2ccc(F)cc2)cc1. The largest absolute Gasteiger partial charge is 0.320 e. The summed E-state index contributed by atoms with van der Waals surface area (Å²) in [7, 11) is 0. The number of rotatable bonds is 2. The molecule has 122 valence electrons. The van der Waals surface area contributed by atoms with Crippen LogP contribution in [0.5, 0.6) is 0 Å². The summed E-state index contributed by atoms with van der Waals surface area (Å²) in [6.45, 7) is 0. The van der Waals surface area contributed by atoms with Crippen molar-refractivity contribution in [3.8, 4) is 0 Å². The topological polar surface area (TPSA) is 24.1 Å². The van der Waals surface area contributed by atoms with Gasteiger partial charge in [0.2, 0.25) is 0 Å². The van der Waals surface area contributed by atoms with Crippen LogP contribution in [0.2, 0.25) is 0 Å². The summed E-state index contributed by atoms with van der Waals surface area (Å²) in [6, 6.07) is 13.2. The monoisotopic (exact) mass is 324 g/mol. The Bertz CT molecular complexity index is 805. The van der Waals surface area contributed by atoms with Crippen molar-refractivity contribution in [1.82, 2.24) is 10.9 Å². The third kappa shape index (κ3) is 2.85. The second-order valence-electron chi connectivity index (χ2n) is 6.23. The van der Waals surface area contributed by atoms with Crippen molar-refractivity contribution in [3.05, 3.63) is 88.1 Å². The molecule has 0 saturated heterocycles. The molecule has 0 fully saturated rings. The molecule has 4 heteroatoms. The lowest BCUT2D eigenvalue weighted by atomic mass is 9.86. The molecular formula is C20H18F2N2. The van der Waals surface area contributed by atoms with Crippen molar-refractivity contribution in [1.29, 1.82) is 0 Å². The highest BCUT2D eigenvalue weighted by Gasteiger charge is 2.30. The van der Waals surface area contributed by atoms with Gasteiger partial charge in [0.15, 0.2) is 0 Å². The number of hydrogen-bond acceptors (Lipinski definition) is 2. The minimum absolute atomic E-state index is 0.0671. The highest BCUT2D eigenvalue weighted by atomic mass is 19.1.